The van der Waals surface area contributed by atoms with Crippen LogP contribution in [0.4, 0.5) is 0 Å². The van der Waals surface area contributed by atoms with Crippen LogP contribution in [-0.2, 0) is 10.0 Å². The molecule has 0 spiro atoms. The number of hydrogen-bond donors (Lipinski definition) is 0. The highest BCUT2D eigenvalue weighted by atomic mass is 32.2. The van der Waals surface area contributed by atoms with Gasteiger partial charge in [-0.1, -0.05) is 6.42 Å². The molecular weight excluding hydrogens is 338 g/mol. The number of allylic oxidation sites excluding steroid dienone is 2. The maximum Gasteiger partial charge on any atom is 0.256 e. The Hall–Kier alpha value is -2.15. The molecule has 0 saturated heterocycles. The van der Waals surface area contributed by atoms with Crippen LogP contribution in [0.15, 0.2) is 41.1 Å². The lowest BCUT2D eigenvalue weighted by Gasteiger charge is -2.29. The van der Waals surface area contributed by atoms with Gasteiger partial charge >= 0.3 is 0 Å². The van der Waals surface area contributed by atoms with Crippen molar-refractivity contribution in [3.63, 3.8) is 0 Å². The molecule has 0 unspecified atom stereocenters. The predicted octanol–water partition coefficient (Wildman–Crippen LogP) is 2.75. The van der Waals surface area contributed by atoms with Gasteiger partial charge in [0, 0.05) is 36.1 Å². The van der Waals surface area contributed by atoms with Crippen LogP contribution in [0.5, 0.6) is 5.88 Å². The van der Waals surface area contributed by atoms with Gasteiger partial charge in [0.25, 0.3) is 10.0 Å². The first-order chi connectivity index (χ1) is 12.1. The van der Waals surface area contributed by atoms with Gasteiger partial charge in [-0.3, -0.25) is 0 Å². The minimum atomic E-state index is -3.39. The smallest absolute Gasteiger partial charge is 0.256 e. The molecule has 2 aliphatic heterocycles. The molecule has 0 atom stereocenters. The summed E-state index contributed by atoms with van der Waals surface area (Å²) in [5.74, 6) is 1.13. The predicted molar refractivity (Wildman–Crippen MR) is 96.8 cm³/mol. The third-order valence-electron chi connectivity index (χ3n) is 4.74. The van der Waals surface area contributed by atoms with Crippen LogP contribution in [0.1, 0.15) is 37.7 Å². The van der Waals surface area contributed by atoms with E-state index in [1.807, 2.05) is 35.4 Å². The molecule has 6 nitrogen and oxygen atoms in total. The van der Waals surface area contributed by atoms with Crippen LogP contribution >= 0.6 is 0 Å². The van der Waals surface area contributed by atoms with Gasteiger partial charge in [-0.25, -0.2) is 13.4 Å². The van der Waals surface area contributed by atoms with Crippen molar-refractivity contribution in [2.45, 2.75) is 38.2 Å². The molecule has 3 heterocycles. The van der Waals surface area contributed by atoms with Crippen molar-refractivity contribution < 1.29 is 13.2 Å². The zero-order valence-corrected chi connectivity index (χ0v) is 14.8. The van der Waals surface area contributed by atoms with Crippen molar-refractivity contribution in [2.24, 2.45) is 4.40 Å². The van der Waals surface area contributed by atoms with E-state index in [9.17, 15) is 8.42 Å². The van der Waals surface area contributed by atoms with Gasteiger partial charge < -0.3 is 9.64 Å². The van der Waals surface area contributed by atoms with E-state index in [0.29, 0.717) is 18.3 Å². The Balaban J connectivity index is 1.56. The molecular formula is C18H21N3O3S. The van der Waals surface area contributed by atoms with Crippen molar-refractivity contribution in [3.8, 4) is 5.88 Å². The molecule has 0 aromatic carbocycles. The fourth-order valence-corrected chi connectivity index (χ4v) is 4.39. The highest BCUT2D eigenvalue weighted by Crippen LogP contribution is 2.27. The average Bonchev–Trinajstić information content (AvgIpc) is 2.62. The second-order valence-electron chi connectivity index (χ2n) is 6.58. The summed E-state index contributed by atoms with van der Waals surface area (Å²) in [5.41, 5.74) is 1.60. The molecule has 3 aliphatic rings. The number of sulfonamides is 1. The van der Waals surface area contributed by atoms with Gasteiger partial charge in [-0.2, -0.15) is 0 Å². The molecule has 1 fully saturated rings. The molecule has 25 heavy (non-hydrogen) atoms. The van der Waals surface area contributed by atoms with E-state index in [-0.39, 0.29) is 11.9 Å². The van der Waals surface area contributed by atoms with Crippen molar-refractivity contribution in [3.05, 3.63) is 42.2 Å². The van der Waals surface area contributed by atoms with Gasteiger partial charge in [0.2, 0.25) is 5.88 Å². The number of aromatic nitrogens is 1. The largest absolute Gasteiger partial charge is 0.474 e. The topological polar surface area (TPSA) is 71.9 Å². The quantitative estimate of drug-likeness (QED) is 0.830. The lowest BCUT2D eigenvalue weighted by molar-refractivity contribution is 0.148. The Kier molecular flexibility index (Phi) is 4.33. The summed E-state index contributed by atoms with van der Waals surface area (Å²) in [7, 11) is -3.39. The maximum atomic E-state index is 11.9. The summed E-state index contributed by atoms with van der Waals surface area (Å²) in [6, 6.07) is 3.77. The molecule has 0 bridgehead atoms. The lowest BCUT2D eigenvalue weighted by Crippen LogP contribution is -2.37. The third kappa shape index (κ3) is 3.61. The summed E-state index contributed by atoms with van der Waals surface area (Å²) >= 11 is 0. The molecule has 1 aromatic rings. The summed E-state index contributed by atoms with van der Waals surface area (Å²) in [4.78, 5) is 6.28. The minimum absolute atomic E-state index is 0.0422. The maximum absolute atomic E-state index is 11.9. The number of hydrogen-bond acceptors (Lipinski definition) is 5. The first-order valence-corrected chi connectivity index (χ1v) is 10.3. The van der Waals surface area contributed by atoms with E-state index in [1.54, 1.807) is 6.20 Å². The second kappa shape index (κ2) is 6.63. The Bertz CT molecular complexity index is 835. The van der Waals surface area contributed by atoms with Crippen LogP contribution < -0.4 is 4.74 Å². The Labute approximate surface area is 148 Å². The average molecular weight is 359 g/mol. The van der Waals surface area contributed by atoms with Gasteiger partial charge in [-0.15, -0.1) is 4.40 Å². The molecule has 132 valence electrons. The number of rotatable bonds is 3. The van der Waals surface area contributed by atoms with Crippen LogP contribution in [0, 0.1) is 0 Å². The number of pyridine rings is 1. The first-order valence-electron chi connectivity index (χ1n) is 8.72. The molecule has 7 heteroatoms. The molecule has 4 rings (SSSR count). The van der Waals surface area contributed by atoms with E-state index in [2.05, 4.69) is 9.38 Å². The summed E-state index contributed by atoms with van der Waals surface area (Å²) in [6.45, 7) is 0.422. The fraction of sp³-hybridized carbons (Fsp3) is 0.444. The zero-order valence-electron chi connectivity index (χ0n) is 14.0. The summed E-state index contributed by atoms with van der Waals surface area (Å²) in [6.07, 6.45) is 13.5. The second-order valence-corrected chi connectivity index (χ2v) is 8.33. The SMILES string of the molecule is O=S1(=O)CCN2C=CC=C(c3ccc(OC4CCCCC4)nc3)C2=N1. The molecule has 1 saturated carbocycles. The Morgan fingerprint density at radius 2 is 2.00 bits per heavy atom. The van der Waals surface area contributed by atoms with Crippen molar-refractivity contribution in [2.75, 3.05) is 12.3 Å². The molecule has 0 N–H and O–H groups in total. The van der Waals surface area contributed by atoms with Crippen molar-refractivity contribution in [1.29, 1.82) is 0 Å². The summed E-state index contributed by atoms with van der Waals surface area (Å²) in [5, 5.41) is 0. The zero-order chi connectivity index (χ0) is 17.3. The van der Waals surface area contributed by atoms with E-state index in [1.165, 1.54) is 19.3 Å². The van der Waals surface area contributed by atoms with Crippen LogP contribution in [0.2, 0.25) is 0 Å². The van der Waals surface area contributed by atoms with Crippen LogP contribution in [0.25, 0.3) is 5.57 Å². The van der Waals surface area contributed by atoms with Gasteiger partial charge in [-0.05, 0) is 43.9 Å². The number of fused-ring (bicyclic) bond motifs is 1. The van der Waals surface area contributed by atoms with E-state index >= 15 is 0 Å². The monoisotopic (exact) mass is 359 g/mol. The molecule has 0 amide bonds. The van der Waals surface area contributed by atoms with E-state index in [0.717, 1.165) is 24.0 Å². The number of amidine groups is 1. The van der Waals surface area contributed by atoms with Gasteiger partial charge in [0.1, 0.15) is 6.10 Å². The summed E-state index contributed by atoms with van der Waals surface area (Å²) < 4.78 is 33.6. The van der Waals surface area contributed by atoms with Gasteiger partial charge in [0.05, 0.1) is 5.75 Å². The molecule has 0 radical (unpaired) electrons. The molecule has 1 aliphatic carbocycles. The van der Waals surface area contributed by atoms with E-state index in [4.69, 9.17) is 4.74 Å². The Morgan fingerprint density at radius 3 is 2.76 bits per heavy atom. The van der Waals surface area contributed by atoms with Crippen LogP contribution in [0.3, 0.4) is 0 Å². The highest BCUT2D eigenvalue weighted by molar-refractivity contribution is 7.90. The Morgan fingerprint density at radius 1 is 1.16 bits per heavy atom. The first kappa shape index (κ1) is 16.3. The van der Waals surface area contributed by atoms with Gasteiger partial charge in [0.15, 0.2) is 5.84 Å². The number of nitrogens with zero attached hydrogens (tertiary/aromatic N) is 3. The highest BCUT2D eigenvalue weighted by Gasteiger charge is 2.27. The minimum Gasteiger partial charge on any atom is -0.474 e. The molecule has 1 aromatic heterocycles. The standard InChI is InChI=1S/C18H21N3O3S/c22-25(23)12-11-21-10-4-7-16(18(21)20-25)14-8-9-17(19-13-14)24-15-5-2-1-3-6-15/h4,7-10,13,15H,1-3,5-6,11-12H2. The van der Waals surface area contributed by atoms with Crippen molar-refractivity contribution in [1.82, 2.24) is 9.88 Å². The van der Waals surface area contributed by atoms with Crippen molar-refractivity contribution >= 4 is 21.4 Å². The number of ether oxygens (including phenoxy) is 1. The van der Waals surface area contributed by atoms with E-state index < -0.39 is 10.0 Å². The lowest BCUT2D eigenvalue weighted by atomic mass is 9.98. The normalized spacial score (nSPS) is 22.8. The fourth-order valence-electron chi connectivity index (χ4n) is 3.40. The third-order valence-corrected chi connectivity index (χ3v) is 5.89. The van der Waals surface area contributed by atoms with Crippen LogP contribution in [-0.4, -0.2) is 42.5 Å².